The van der Waals surface area contributed by atoms with Gasteiger partial charge in [0.1, 0.15) is 18.1 Å². The third kappa shape index (κ3) is 3.67. The summed E-state index contributed by atoms with van der Waals surface area (Å²) in [5.41, 5.74) is 0.802. The molecule has 0 radical (unpaired) electrons. The summed E-state index contributed by atoms with van der Waals surface area (Å²) in [7, 11) is 1.64. The first kappa shape index (κ1) is 15.6. The van der Waals surface area contributed by atoms with Gasteiger partial charge in [-0.2, -0.15) is 0 Å². The van der Waals surface area contributed by atoms with Crippen LogP contribution in [0.15, 0.2) is 55.1 Å². The second kappa shape index (κ2) is 7.31. The second-order valence-corrected chi connectivity index (χ2v) is 4.53. The van der Waals surface area contributed by atoms with Crippen molar-refractivity contribution in [2.24, 2.45) is 0 Å². The SMILES string of the molecule is C=CCOC(=O)O/C(=C\C)c1ccc2cc(OC)ccc2c1. The third-order valence-electron chi connectivity index (χ3n) is 3.11. The lowest BCUT2D eigenvalue weighted by atomic mass is 10.1. The number of carbonyl (C=O) groups is 1. The fourth-order valence-corrected chi connectivity index (χ4v) is 2.03. The molecule has 0 heterocycles. The van der Waals surface area contributed by atoms with Crippen LogP contribution in [-0.4, -0.2) is 19.9 Å². The van der Waals surface area contributed by atoms with Crippen molar-refractivity contribution in [1.82, 2.24) is 0 Å². The standard InChI is InChI=1S/C18H18O4/c1-4-10-21-18(19)22-17(5-2)15-7-6-14-12-16(20-3)9-8-13(14)11-15/h4-9,11-12H,1,10H2,2-3H3/b17-5-. The summed E-state index contributed by atoms with van der Waals surface area (Å²) in [6.07, 6.45) is 2.46. The van der Waals surface area contributed by atoms with Gasteiger partial charge in [0, 0.05) is 5.56 Å². The van der Waals surface area contributed by atoms with Crippen LogP contribution in [0.2, 0.25) is 0 Å². The number of hydrogen-bond donors (Lipinski definition) is 0. The van der Waals surface area contributed by atoms with Gasteiger partial charge >= 0.3 is 6.16 Å². The van der Waals surface area contributed by atoms with Crippen molar-refractivity contribution in [3.63, 3.8) is 0 Å². The first-order chi connectivity index (χ1) is 10.7. The van der Waals surface area contributed by atoms with E-state index in [0.29, 0.717) is 5.76 Å². The molecule has 4 heteroatoms. The molecule has 4 nitrogen and oxygen atoms in total. The largest absolute Gasteiger partial charge is 0.514 e. The minimum absolute atomic E-state index is 0.118. The predicted octanol–water partition coefficient (Wildman–Crippen LogP) is 4.55. The van der Waals surface area contributed by atoms with Crippen molar-refractivity contribution in [2.45, 2.75) is 6.92 Å². The zero-order valence-corrected chi connectivity index (χ0v) is 12.7. The summed E-state index contributed by atoms with van der Waals surface area (Å²) in [6, 6.07) is 11.6. The highest BCUT2D eigenvalue weighted by molar-refractivity contribution is 5.87. The highest BCUT2D eigenvalue weighted by Crippen LogP contribution is 2.25. The molecule has 0 fully saturated rings. The fraction of sp³-hybridized carbons (Fsp3) is 0.167. The summed E-state index contributed by atoms with van der Waals surface area (Å²) in [5.74, 6) is 1.25. The highest BCUT2D eigenvalue weighted by atomic mass is 16.7. The molecule has 0 aliphatic carbocycles. The van der Waals surface area contributed by atoms with Crippen LogP contribution >= 0.6 is 0 Å². The van der Waals surface area contributed by atoms with Crippen LogP contribution in [0.3, 0.4) is 0 Å². The zero-order valence-electron chi connectivity index (χ0n) is 12.7. The van der Waals surface area contributed by atoms with Crippen molar-refractivity contribution >= 4 is 22.7 Å². The number of ether oxygens (including phenoxy) is 3. The summed E-state index contributed by atoms with van der Waals surface area (Å²) in [4.78, 5) is 11.5. The molecular formula is C18H18O4. The number of methoxy groups -OCH3 is 1. The van der Waals surface area contributed by atoms with E-state index in [1.54, 1.807) is 20.1 Å². The minimum Gasteiger partial charge on any atom is -0.497 e. The molecule has 0 saturated heterocycles. The first-order valence-electron chi connectivity index (χ1n) is 6.88. The Bertz CT molecular complexity index is 716. The second-order valence-electron chi connectivity index (χ2n) is 4.53. The molecule has 114 valence electrons. The summed E-state index contributed by atoms with van der Waals surface area (Å²) in [5, 5.41) is 2.08. The number of allylic oxidation sites excluding steroid dienone is 1. The molecular weight excluding hydrogens is 280 g/mol. The molecule has 0 N–H and O–H groups in total. The van der Waals surface area contributed by atoms with Crippen LogP contribution in [0.4, 0.5) is 4.79 Å². The van der Waals surface area contributed by atoms with E-state index in [4.69, 9.17) is 14.2 Å². The Kier molecular flexibility index (Phi) is 5.20. The van der Waals surface area contributed by atoms with E-state index in [1.807, 2.05) is 36.4 Å². The number of carbonyl (C=O) groups excluding carboxylic acids is 1. The van der Waals surface area contributed by atoms with E-state index in [-0.39, 0.29) is 6.61 Å². The normalized spacial score (nSPS) is 11.1. The lowest BCUT2D eigenvalue weighted by molar-refractivity contribution is 0.100. The number of hydrogen-bond acceptors (Lipinski definition) is 4. The third-order valence-corrected chi connectivity index (χ3v) is 3.11. The molecule has 0 aliphatic rings. The lowest BCUT2D eigenvalue weighted by Gasteiger charge is -2.10. The maximum atomic E-state index is 11.5. The molecule has 0 atom stereocenters. The molecule has 0 spiro atoms. The van der Waals surface area contributed by atoms with Crippen LogP contribution < -0.4 is 4.74 Å². The van der Waals surface area contributed by atoms with Gasteiger partial charge in [-0.25, -0.2) is 4.79 Å². The van der Waals surface area contributed by atoms with Gasteiger partial charge in [-0.05, 0) is 42.0 Å². The van der Waals surface area contributed by atoms with Gasteiger partial charge in [-0.15, -0.1) is 0 Å². The Labute approximate surface area is 129 Å². The number of benzene rings is 2. The van der Waals surface area contributed by atoms with Crippen molar-refractivity contribution in [2.75, 3.05) is 13.7 Å². The van der Waals surface area contributed by atoms with E-state index in [9.17, 15) is 4.79 Å². The molecule has 22 heavy (non-hydrogen) atoms. The average molecular weight is 298 g/mol. The van der Waals surface area contributed by atoms with Gasteiger partial charge in [-0.1, -0.05) is 30.9 Å². The monoisotopic (exact) mass is 298 g/mol. The summed E-state index contributed by atoms with van der Waals surface area (Å²) < 4.78 is 15.2. The Balaban J connectivity index is 2.24. The predicted molar refractivity (Wildman–Crippen MR) is 86.8 cm³/mol. The van der Waals surface area contributed by atoms with Crippen LogP contribution in [0.25, 0.3) is 16.5 Å². The van der Waals surface area contributed by atoms with Crippen LogP contribution in [0.5, 0.6) is 5.75 Å². The van der Waals surface area contributed by atoms with Gasteiger partial charge in [-0.3, -0.25) is 0 Å². The Hall–Kier alpha value is -2.75. The van der Waals surface area contributed by atoms with Crippen molar-refractivity contribution in [1.29, 1.82) is 0 Å². The first-order valence-corrected chi connectivity index (χ1v) is 6.88. The smallest absolute Gasteiger partial charge is 0.497 e. The molecule has 0 aromatic heterocycles. The Morgan fingerprint density at radius 1 is 1.18 bits per heavy atom. The number of rotatable bonds is 5. The summed E-state index contributed by atoms with van der Waals surface area (Å²) >= 11 is 0. The van der Waals surface area contributed by atoms with E-state index in [2.05, 4.69) is 6.58 Å². The van der Waals surface area contributed by atoms with Crippen LogP contribution in [-0.2, 0) is 9.47 Å². The van der Waals surface area contributed by atoms with E-state index >= 15 is 0 Å². The summed E-state index contributed by atoms with van der Waals surface area (Å²) in [6.45, 7) is 5.40. The topological polar surface area (TPSA) is 44.8 Å². The highest BCUT2D eigenvalue weighted by Gasteiger charge is 2.10. The molecule has 2 aromatic rings. The van der Waals surface area contributed by atoms with Crippen molar-refractivity contribution in [3.05, 3.63) is 60.7 Å². The Morgan fingerprint density at radius 2 is 1.91 bits per heavy atom. The van der Waals surface area contributed by atoms with Gasteiger partial charge in [0.2, 0.25) is 0 Å². The van der Waals surface area contributed by atoms with Crippen molar-refractivity contribution < 1.29 is 19.0 Å². The van der Waals surface area contributed by atoms with Gasteiger partial charge in [0.15, 0.2) is 0 Å². The quantitative estimate of drug-likeness (QED) is 0.461. The molecule has 0 unspecified atom stereocenters. The minimum atomic E-state index is -0.747. The zero-order chi connectivity index (χ0) is 15.9. The fourth-order valence-electron chi connectivity index (χ4n) is 2.03. The van der Waals surface area contributed by atoms with Crippen LogP contribution in [0, 0.1) is 0 Å². The van der Waals surface area contributed by atoms with Gasteiger partial charge in [0.25, 0.3) is 0 Å². The van der Waals surface area contributed by atoms with E-state index < -0.39 is 6.16 Å². The van der Waals surface area contributed by atoms with Crippen LogP contribution in [0.1, 0.15) is 12.5 Å². The maximum absolute atomic E-state index is 11.5. The van der Waals surface area contributed by atoms with Gasteiger partial charge in [0.05, 0.1) is 7.11 Å². The Morgan fingerprint density at radius 3 is 2.59 bits per heavy atom. The van der Waals surface area contributed by atoms with E-state index in [0.717, 1.165) is 22.1 Å². The molecule has 0 aliphatic heterocycles. The molecule has 0 amide bonds. The van der Waals surface area contributed by atoms with E-state index in [1.165, 1.54) is 6.08 Å². The molecule has 0 saturated carbocycles. The van der Waals surface area contributed by atoms with Gasteiger partial charge < -0.3 is 14.2 Å². The molecule has 2 aromatic carbocycles. The number of fused-ring (bicyclic) bond motifs is 1. The molecule has 0 bridgehead atoms. The molecule has 2 rings (SSSR count). The lowest BCUT2D eigenvalue weighted by Crippen LogP contribution is -2.06. The maximum Gasteiger partial charge on any atom is 0.514 e. The average Bonchev–Trinajstić information content (AvgIpc) is 2.56. The van der Waals surface area contributed by atoms with Crippen molar-refractivity contribution in [3.8, 4) is 5.75 Å².